The normalized spacial score (nSPS) is 22.5. The number of likely N-dealkylation sites (N-methyl/N-ethyl adjacent to an activating group) is 1. The number of hydrogen-bond donors (Lipinski definition) is 1. The van der Waals surface area contributed by atoms with E-state index in [1.54, 1.807) is 0 Å². The highest BCUT2D eigenvalue weighted by Gasteiger charge is 2.40. The minimum absolute atomic E-state index is 0.0703. The molecule has 1 N–H and O–H groups in total. The molecule has 2 atom stereocenters. The van der Waals surface area contributed by atoms with E-state index >= 15 is 0 Å². The van der Waals surface area contributed by atoms with E-state index in [-0.39, 0.29) is 12.1 Å². The van der Waals surface area contributed by atoms with Crippen LogP contribution < -0.4 is 5.32 Å². The number of hydrogen-bond acceptors (Lipinski definition) is 4. The van der Waals surface area contributed by atoms with Crippen LogP contribution in [0.25, 0.3) is 0 Å². The maximum absolute atomic E-state index is 5.68. The average molecular weight is 428 g/mol. The van der Waals surface area contributed by atoms with Gasteiger partial charge in [0.25, 0.3) is 0 Å². The van der Waals surface area contributed by atoms with Crippen LogP contribution in [0.1, 0.15) is 48.1 Å². The minimum atomic E-state index is 0.0703. The van der Waals surface area contributed by atoms with Gasteiger partial charge in [0, 0.05) is 50.3 Å². The summed E-state index contributed by atoms with van der Waals surface area (Å²) in [5.74, 6) is 0. The molecule has 0 spiro atoms. The van der Waals surface area contributed by atoms with E-state index in [4.69, 9.17) is 17.0 Å². The molecule has 7 heteroatoms. The second kappa shape index (κ2) is 9.45. The molecule has 4 heterocycles. The third-order valence-corrected chi connectivity index (χ3v) is 6.78. The Labute approximate surface area is 185 Å². The van der Waals surface area contributed by atoms with Gasteiger partial charge in [0.05, 0.1) is 31.0 Å². The number of nitrogens with one attached hydrogen (secondary N) is 1. The number of morpholine rings is 1. The molecule has 2 aromatic heterocycles. The van der Waals surface area contributed by atoms with Gasteiger partial charge in [-0.2, -0.15) is 0 Å². The van der Waals surface area contributed by atoms with Gasteiger partial charge < -0.3 is 19.5 Å². The Kier molecular flexibility index (Phi) is 6.71. The molecular formula is C23H33N5OS. The number of aryl methyl sites for hydroxylation is 1. The van der Waals surface area contributed by atoms with Crippen LogP contribution >= 0.6 is 12.2 Å². The minimum Gasteiger partial charge on any atom is -0.379 e. The fourth-order valence-electron chi connectivity index (χ4n) is 4.83. The maximum Gasteiger partial charge on any atom is 0.170 e. The van der Waals surface area contributed by atoms with Crippen molar-refractivity contribution in [1.82, 2.24) is 24.7 Å². The Morgan fingerprint density at radius 1 is 1.20 bits per heavy atom. The zero-order valence-electron chi connectivity index (χ0n) is 18.3. The number of ether oxygens (including phenoxy) is 1. The molecule has 0 radical (unpaired) electrons. The lowest BCUT2D eigenvalue weighted by Gasteiger charge is -2.27. The van der Waals surface area contributed by atoms with Gasteiger partial charge in [0.1, 0.15) is 0 Å². The maximum atomic E-state index is 5.68. The van der Waals surface area contributed by atoms with Crippen LogP contribution in [0.4, 0.5) is 0 Å². The molecule has 4 rings (SSSR count). The Morgan fingerprint density at radius 3 is 2.70 bits per heavy atom. The van der Waals surface area contributed by atoms with Crippen molar-refractivity contribution in [3.05, 3.63) is 53.1 Å². The van der Waals surface area contributed by atoms with Gasteiger partial charge >= 0.3 is 0 Å². The Hall–Kier alpha value is -1.96. The number of nitrogens with zero attached hydrogens (tertiary/aromatic N) is 4. The molecular weight excluding hydrogens is 394 g/mol. The molecule has 2 saturated heterocycles. The van der Waals surface area contributed by atoms with Crippen LogP contribution in [0.15, 0.2) is 30.5 Å². The molecule has 30 heavy (non-hydrogen) atoms. The Balaban J connectivity index is 1.55. The van der Waals surface area contributed by atoms with E-state index in [0.29, 0.717) is 0 Å². The zero-order chi connectivity index (χ0) is 21.1. The highest BCUT2D eigenvalue weighted by molar-refractivity contribution is 7.80. The number of pyridine rings is 1. The second-order valence-electron chi connectivity index (χ2n) is 8.20. The summed E-state index contributed by atoms with van der Waals surface area (Å²) >= 11 is 5.68. The monoisotopic (exact) mass is 427 g/mol. The van der Waals surface area contributed by atoms with Crippen molar-refractivity contribution in [3.63, 3.8) is 0 Å². The van der Waals surface area contributed by atoms with Crippen molar-refractivity contribution in [1.29, 1.82) is 0 Å². The van der Waals surface area contributed by atoms with E-state index in [9.17, 15) is 0 Å². The fourth-order valence-corrected chi connectivity index (χ4v) is 5.20. The smallest absolute Gasteiger partial charge is 0.170 e. The van der Waals surface area contributed by atoms with E-state index in [1.165, 1.54) is 17.0 Å². The molecule has 0 amide bonds. The lowest BCUT2D eigenvalue weighted by Crippen LogP contribution is -2.37. The quantitative estimate of drug-likeness (QED) is 0.685. The Morgan fingerprint density at radius 2 is 2.00 bits per heavy atom. The number of aromatic nitrogens is 2. The third-order valence-electron chi connectivity index (χ3n) is 6.43. The molecule has 2 aromatic rings. The van der Waals surface area contributed by atoms with Crippen LogP contribution in [0.2, 0.25) is 0 Å². The molecule has 0 aliphatic carbocycles. The summed E-state index contributed by atoms with van der Waals surface area (Å²) in [4.78, 5) is 9.44. The lowest BCUT2D eigenvalue weighted by atomic mass is 9.97. The molecule has 2 aliphatic heterocycles. The van der Waals surface area contributed by atoms with E-state index < -0.39 is 0 Å². The molecule has 0 unspecified atom stereocenters. The van der Waals surface area contributed by atoms with E-state index in [1.807, 2.05) is 18.3 Å². The predicted molar refractivity (Wildman–Crippen MR) is 124 cm³/mol. The third kappa shape index (κ3) is 4.24. The summed E-state index contributed by atoms with van der Waals surface area (Å²) in [7, 11) is 0. The highest BCUT2D eigenvalue weighted by Crippen LogP contribution is 2.40. The van der Waals surface area contributed by atoms with Crippen molar-refractivity contribution >= 4 is 17.3 Å². The summed E-state index contributed by atoms with van der Waals surface area (Å²) in [6, 6.07) is 8.69. The molecule has 6 nitrogen and oxygen atoms in total. The topological polar surface area (TPSA) is 45.6 Å². The second-order valence-corrected chi connectivity index (χ2v) is 8.58. The van der Waals surface area contributed by atoms with Crippen LogP contribution in [0.3, 0.4) is 0 Å². The predicted octanol–water partition coefficient (Wildman–Crippen LogP) is 3.21. The SMILES string of the molecule is CCN1C(=S)N[C@H](c2ccccn2)[C@H]1c1cc(C)n(CCCN2CCOCC2)c1C. The van der Waals surface area contributed by atoms with E-state index in [0.717, 1.165) is 63.2 Å². The van der Waals surface area contributed by atoms with Gasteiger partial charge in [0.2, 0.25) is 0 Å². The van der Waals surface area contributed by atoms with Gasteiger partial charge in [-0.25, -0.2) is 0 Å². The number of thiocarbonyl (C=S) groups is 1. The summed E-state index contributed by atoms with van der Waals surface area (Å²) in [6.07, 6.45) is 3.01. The fraction of sp³-hybridized carbons (Fsp3) is 0.565. The van der Waals surface area contributed by atoms with Crippen LogP contribution in [-0.2, 0) is 11.3 Å². The first-order valence-electron chi connectivity index (χ1n) is 11.0. The summed E-state index contributed by atoms with van der Waals surface area (Å²) in [5.41, 5.74) is 5.05. The van der Waals surface area contributed by atoms with Gasteiger partial charge in [-0.05, 0) is 63.2 Å². The lowest BCUT2D eigenvalue weighted by molar-refractivity contribution is 0.0369. The van der Waals surface area contributed by atoms with Gasteiger partial charge in [-0.3, -0.25) is 9.88 Å². The van der Waals surface area contributed by atoms with Gasteiger partial charge in [-0.1, -0.05) is 6.07 Å². The van der Waals surface area contributed by atoms with E-state index in [2.05, 4.69) is 57.6 Å². The van der Waals surface area contributed by atoms with Crippen LogP contribution in [0.5, 0.6) is 0 Å². The van der Waals surface area contributed by atoms with Crippen molar-refractivity contribution in [3.8, 4) is 0 Å². The van der Waals surface area contributed by atoms with Crippen molar-refractivity contribution in [2.24, 2.45) is 0 Å². The standard InChI is InChI=1S/C23H33N5OS/c1-4-27-22(21(25-23(27)30)20-8-5-6-9-24-20)19-16-17(2)28(18(19)3)11-7-10-26-12-14-29-15-13-26/h5-6,8-9,16,21-22H,4,7,10-15H2,1-3H3,(H,25,30)/t21-,22-/m1/s1. The molecule has 0 bridgehead atoms. The van der Waals surface area contributed by atoms with Crippen molar-refractivity contribution < 1.29 is 4.74 Å². The molecule has 2 fully saturated rings. The summed E-state index contributed by atoms with van der Waals surface area (Å²) in [6.45, 7) is 13.5. The van der Waals surface area contributed by atoms with Crippen LogP contribution in [0, 0.1) is 13.8 Å². The average Bonchev–Trinajstić information content (AvgIpc) is 3.25. The molecule has 0 aromatic carbocycles. The first-order valence-corrected chi connectivity index (χ1v) is 11.5. The van der Waals surface area contributed by atoms with Crippen LogP contribution in [-0.4, -0.2) is 63.9 Å². The number of rotatable bonds is 7. The van der Waals surface area contributed by atoms with Gasteiger partial charge in [0.15, 0.2) is 5.11 Å². The first-order chi connectivity index (χ1) is 14.6. The van der Waals surface area contributed by atoms with Crippen molar-refractivity contribution in [2.75, 3.05) is 39.4 Å². The zero-order valence-corrected chi connectivity index (χ0v) is 19.1. The summed E-state index contributed by atoms with van der Waals surface area (Å²) in [5, 5.41) is 4.34. The Bertz CT molecular complexity index is 862. The van der Waals surface area contributed by atoms with Crippen molar-refractivity contribution in [2.45, 2.75) is 45.8 Å². The van der Waals surface area contributed by atoms with Gasteiger partial charge in [-0.15, -0.1) is 0 Å². The molecule has 0 saturated carbocycles. The molecule has 2 aliphatic rings. The highest BCUT2D eigenvalue weighted by atomic mass is 32.1. The largest absolute Gasteiger partial charge is 0.379 e. The summed E-state index contributed by atoms with van der Waals surface area (Å²) < 4.78 is 7.94. The molecule has 162 valence electrons. The first kappa shape index (κ1) is 21.3.